The number of halogens is 1. The smallest absolute Gasteiger partial charge is 0.173 e. The second kappa shape index (κ2) is 11.7. The van der Waals surface area contributed by atoms with Gasteiger partial charge in [0.25, 0.3) is 0 Å². The van der Waals surface area contributed by atoms with Gasteiger partial charge in [-0.05, 0) is 60.8 Å². The van der Waals surface area contributed by atoms with Crippen molar-refractivity contribution >= 4 is 34.6 Å². The van der Waals surface area contributed by atoms with Crippen molar-refractivity contribution in [3.63, 3.8) is 0 Å². The highest BCUT2D eigenvalue weighted by atomic mass is 35.5. The lowest BCUT2D eigenvalue weighted by atomic mass is 10.1. The topological polar surface area (TPSA) is 27.7 Å². The Morgan fingerprint density at radius 1 is 1.13 bits per heavy atom. The van der Waals surface area contributed by atoms with Gasteiger partial charge in [-0.2, -0.15) is 0 Å². The molecular formula is C24H32ClN3OS. The quantitative estimate of drug-likeness (QED) is 0.568. The van der Waals surface area contributed by atoms with E-state index in [0.29, 0.717) is 0 Å². The van der Waals surface area contributed by atoms with E-state index in [9.17, 15) is 0 Å². The van der Waals surface area contributed by atoms with Crippen LogP contribution in [0.2, 0.25) is 5.02 Å². The maximum Gasteiger partial charge on any atom is 0.173 e. The van der Waals surface area contributed by atoms with E-state index in [2.05, 4.69) is 46.3 Å². The highest BCUT2D eigenvalue weighted by molar-refractivity contribution is 7.80. The number of anilines is 1. The molecule has 0 saturated carbocycles. The minimum Gasteiger partial charge on any atom is -0.379 e. The van der Waals surface area contributed by atoms with Gasteiger partial charge in [0.15, 0.2) is 5.11 Å². The first kappa shape index (κ1) is 23.0. The summed E-state index contributed by atoms with van der Waals surface area (Å²) >= 11 is 12.1. The normalized spacial score (nSPS) is 14.5. The number of morpholine rings is 1. The van der Waals surface area contributed by atoms with Crippen LogP contribution in [0.25, 0.3) is 0 Å². The van der Waals surface area contributed by atoms with Gasteiger partial charge in [-0.3, -0.25) is 4.90 Å². The molecule has 0 spiro atoms. The van der Waals surface area contributed by atoms with Gasteiger partial charge < -0.3 is 15.0 Å². The van der Waals surface area contributed by atoms with E-state index < -0.39 is 0 Å². The van der Waals surface area contributed by atoms with Gasteiger partial charge in [0.05, 0.1) is 13.2 Å². The average Bonchev–Trinajstić information content (AvgIpc) is 2.77. The average molecular weight is 446 g/mol. The molecule has 1 heterocycles. The van der Waals surface area contributed by atoms with Crippen molar-refractivity contribution in [1.29, 1.82) is 0 Å². The van der Waals surface area contributed by atoms with Crippen molar-refractivity contribution in [1.82, 2.24) is 9.80 Å². The molecule has 0 bridgehead atoms. The first-order valence-corrected chi connectivity index (χ1v) is 11.5. The van der Waals surface area contributed by atoms with Crippen molar-refractivity contribution in [2.75, 3.05) is 44.7 Å². The van der Waals surface area contributed by atoms with E-state index in [-0.39, 0.29) is 0 Å². The van der Waals surface area contributed by atoms with Crippen LogP contribution in [0.15, 0.2) is 42.5 Å². The van der Waals surface area contributed by atoms with Crippen LogP contribution in [0.1, 0.15) is 30.0 Å². The minimum atomic E-state index is 0.738. The number of aryl methyl sites for hydroxylation is 1. The van der Waals surface area contributed by atoms with Crippen molar-refractivity contribution < 1.29 is 4.74 Å². The molecule has 0 unspecified atom stereocenters. The molecule has 1 saturated heterocycles. The predicted molar refractivity (Wildman–Crippen MR) is 131 cm³/mol. The summed E-state index contributed by atoms with van der Waals surface area (Å²) in [6, 6.07) is 14.7. The summed E-state index contributed by atoms with van der Waals surface area (Å²) in [5, 5.41) is 4.91. The summed E-state index contributed by atoms with van der Waals surface area (Å²) in [4.78, 5) is 4.73. The van der Waals surface area contributed by atoms with E-state index >= 15 is 0 Å². The highest BCUT2D eigenvalue weighted by Crippen LogP contribution is 2.23. The molecule has 6 heteroatoms. The third-order valence-electron chi connectivity index (χ3n) is 5.61. The Labute approximate surface area is 191 Å². The fraction of sp³-hybridized carbons (Fsp3) is 0.458. The monoisotopic (exact) mass is 445 g/mol. The summed E-state index contributed by atoms with van der Waals surface area (Å²) in [7, 11) is 0. The SMILES string of the molecule is CCc1ccc(CN(CCCN2CCOCC2)C(=S)Nc2cccc(Cl)c2C)cc1. The second-order valence-corrected chi connectivity index (χ2v) is 8.54. The van der Waals surface area contributed by atoms with Gasteiger partial charge in [0, 0.05) is 43.4 Å². The molecule has 0 radical (unpaired) electrons. The maximum absolute atomic E-state index is 6.29. The molecule has 0 atom stereocenters. The number of thiocarbonyl (C=S) groups is 1. The standard InChI is InChI=1S/C24H32ClN3OS/c1-3-20-8-10-21(11-9-20)18-28(13-5-12-27-14-16-29-17-15-27)24(30)26-23-7-4-6-22(25)19(23)2/h4,6-11H,3,5,12-18H2,1-2H3,(H,26,30). The molecule has 0 aliphatic carbocycles. The van der Waals surface area contributed by atoms with E-state index in [4.69, 9.17) is 28.6 Å². The van der Waals surface area contributed by atoms with Gasteiger partial charge in [0.2, 0.25) is 0 Å². The zero-order chi connectivity index (χ0) is 21.3. The van der Waals surface area contributed by atoms with E-state index in [1.54, 1.807) is 0 Å². The molecular weight excluding hydrogens is 414 g/mol. The Morgan fingerprint density at radius 3 is 2.53 bits per heavy atom. The Morgan fingerprint density at radius 2 is 1.83 bits per heavy atom. The molecule has 2 aromatic rings. The molecule has 1 N–H and O–H groups in total. The third kappa shape index (κ3) is 6.67. The zero-order valence-corrected chi connectivity index (χ0v) is 19.6. The van der Waals surface area contributed by atoms with Crippen LogP contribution in [0.4, 0.5) is 5.69 Å². The van der Waals surface area contributed by atoms with Crippen LogP contribution in [-0.4, -0.2) is 54.3 Å². The number of nitrogens with zero attached hydrogens (tertiary/aromatic N) is 2. The van der Waals surface area contributed by atoms with E-state index in [1.807, 2.05) is 25.1 Å². The predicted octanol–water partition coefficient (Wildman–Crippen LogP) is 5.13. The number of hydrogen-bond acceptors (Lipinski definition) is 3. The molecule has 0 amide bonds. The molecule has 4 nitrogen and oxygen atoms in total. The number of hydrogen-bond donors (Lipinski definition) is 1. The Balaban J connectivity index is 1.66. The zero-order valence-electron chi connectivity index (χ0n) is 18.0. The summed E-state index contributed by atoms with van der Waals surface area (Å²) in [5.74, 6) is 0. The van der Waals surface area contributed by atoms with Crippen LogP contribution in [0, 0.1) is 6.92 Å². The first-order chi connectivity index (χ1) is 14.6. The van der Waals surface area contributed by atoms with Crippen LogP contribution in [0.3, 0.4) is 0 Å². The van der Waals surface area contributed by atoms with Crippen molar-refractivity contribution in [3.8, 4) is 0 Å². The molecule has 1 aliphatic heterocycles. The summed E-state index contributed by atoms with van der Waals surface area (Å²) in [5.41, 5.74) is 4.60. The van der Waals surface area contributed by atoms with Gasteiger partial charge in [0.1, 0.15) is 0 Å². The van der Waals surface area contributed by atoms with Crippen LogP contribution >= 0.6 is 23.8 Å². The third-order valence-corrected chi connectivity index (χ3v) is 6.38. The van der Waals surface area contributed by atoms with Gasteiger partial charge >= 0.3 is 0 Å². The fourth-order valence-electron chi connectivity index (χ4n) is 3.60. The highest BCUT2D eigenvalue weighted by Gasteiger charge is 2.15. The second-order valence-electron chi connectivity index (χ2n) is 7.74. The largest absolute Gasteiger partial charge is 0.379 e. The first-order valence-electron chi connectivity index (χ1n) is 10.8. The van der Waals surface area contributed by atoms with Crippen molar-refractivity contribution in [3.05, 3.63) is 64.2 Å². The number of benzene rings is 2. The number of ether oxygens (including phenoxy) is 1. The molecule has 1 fully saturated rings. The minimum absolute atomic E-state index is 0.738. The Hall–Kier alpha value is -1.66. The molecule has 30 heavy (non-hydrogen) atoms. The molecule has 162 valence electrons. The fourth-order valence-corrected chi connectivity index (χ4v) is 4.04. The van der Waals surface area contributed by atoms with Crippen LogP contribution < -0.4 is 5.32 Å². The van der Waals surface area contributed by atoms with Crippen LogP contribution in [0.5, 0.6) is 0 Å². The maximum atomic E-state index is 6.29. The Bertz CT molecular complexity index is 822. The van der Waals surface area contributed by atoms with Crippen molar-refractivity contribution in [2.45, 2.75) is 33.2 Å². The lowest BCUT2D eigenvalue weighted by Crippen LogP contribution is -2.40. The lowest BCUT2D eigenvalue weighted by molar-refractivity contribution is 0.0368. The van der Waals surface area contributed by atoms with Gasteiger partial charge in [-0.15, -0.1) is 0 Å². The lowest BCUT2D eigenvalue weighted by Gasteiger charge is -2.30. The summed E-state index contributed by atoms with van der Waals surface area (Å²) in [6.07, 6.45) is 2.11. The van der Waals surface area contributed by atoms with Crippen molar-refractivity contribution in [2.24, 2.45) is 0 Å². The molecule has 2 aromatic carbocycles. The van der Waals surface area contributed by atoms with Gasteiger partial charge in [-0.25, -0.2) is 0 Å². The van der Waals surface area contributed by atoms with Crippen LogP contribution in [-0.2, 0) is 17.7 Å². The summed E-state index contributed by atoms with van der Waals surface area (Å²) in [6.45, 7) is 10.7. The molecule has 1 aliphatic rings. The number of nitrogens with one attached hydrogen (secondary N) is 1. The van der Waals surface area contributed by atoms with E-state index in [1.165, 1.54) is 11.1 Å². The summed E-state index contributed by atoms with van der Waals surface area (Å²) < 4.78 is 5.46. The Kier molecular flexibility index (Phi) is 8.94. The van der Waals surface area contributed by atoms with E-state index in [0.717, 1.165) is 80.2 Å². The van der Waals surface area contributed by atoms with Gasteiger partial charge in [-0.1, -0.05) is 48.9 Å². The number of rotatable bonds is 8. The molecule has 0 aromatic heterocycles. The molecule has 3 rings (SSSR count).